The van der Waals surface area contributed by atoms with Crippen LogP contribution in [0.3, 0.4) is 0 Å². The van der Waals surface area contributed by atoms with Crippen LogP contribution in [0.1, 0.15) is 53.8 Å². The van der Waals surface area contributed by atoms with E-state index in [0.29, 0.717) is 12.2 Å². The normalized spacial score (nSPS) is 11.8. The number of anilines is 1. The van der Waals surface area contributed by atoms with E-state index in [0.717, 1.165) is 30.5 Å². The number of carbonyl (C=O) groups excluding carboxylic acids is 1. The van der Waals surface area contributed by atoms with Gasteiger partial charge in [-0.25, -0.2) is 0 Å². The van der Waals surface area contributed by atoms with Crippen molar-refractivity contribution in [2.24, 2.45) is 0 Å². The molecule has 1 unspecified atom stereocenters. The Morgan fingerprint density at radius 1 is 1.07 bits per heavy atom. The maximum Gasteiger partial charge on any atom is 0.259 e. The number of rotatable bonds is 9. The van der Waals surface area contributed by atoms with Crippen molar-refractivity contribution in [2.75, 3.05) is 11.9 Å². The minimum atomic E-state index is -0.0822. The molecule has 0 N–H and O–H groups in total. The molecule has 0 aliphatic carbocycles. The molecule has 0 bridgehead atoms. The Bertz CT molecular complexity index is 897. The average Bonchev–Trinajstić information content (AvgIpc) is 2.79. The number of hydrogen-bond donors (Lipinski definition) is 0. The predicted octanol–water partition coefficient (Wildman–Crippen LogP) is 5.81. The maximum absolute atomic E-state index is 12.7. The van der Waals surface area contributed by atoms with Crippen LogP contribution in [0.5, 0.6) is 0 Å². The second-order valence-electron chi connectivity index (χ2n) is 7.13. The molecule has 0 spiro atoms. The van der Waals surface area contributed by atoms with Gasteiger partial charge in [-0.15, -0.1) is 0 Å². The largest absolute Gasteiger partial charge is 0.369 e. The minimum Gasteiger partial charge on any atom is -0.369 e. The summed E-state index contributed by atoms with van der Waals surface area (Å²) in [4.78, 5) is 18.4. The van der Waals surface area contributed by atoms with Crippen LogP contribution in [-0.2, 0) is 11.3 Å². The van der Waals surface area contributed by atoms with Crippen molar-refractivity contribution >= 4 is 11.6 Å². The van der Waals surface area contributed by atoms with Gasteiger partial charge in [0.2, 0.25) is 0 Å². The summed E-state index contributed by atoms with van der Waals surface area (Å²) in [6.07, 6.45) is 6.60. The van der Waals surface area contributed by atoms with Crippen LogP contribution >= 0.6 is 0 Å². The van der Waals surface area contributed by atoms with E-state index in [1.165, 1.54) is 5.56 Å². The Morgan fingerprint density at radius 2 is 1.90 bits per heavy atom. The molecule has 2 aromatic carbocycles. The second-order valence-corrected chi connectivity index (χ2v) is 7.13. The molecule has 4 heteroatoms. The average molecular weight is 389 g/mol. The van der Waals surface area contributed by atoms with Crippen molar-refractivity contribution in [1.29, 1.82) is 0 Å². The molecule has 0 fully saturated rings. The van der Waals surface area contributed by atoms with Gasteiger partial charge in [0.15, 0.2) is 0 Å². The fraction of sp³-hybridized carbons (Fsp3) is 0.280. The number of amides is 1. The molecule has 0 radical (unpaired) electrons. The fourth-order valence-electron chi connectivity index (χ4n) is 3.26. The lowest BCUT2D eigenvalue weighted by Crippen LogP contribution is -2.26. The fourth-order valence-corrected chi connectivity index (χ4v) is 3.26. The number of hydrogen-bond acceptors (Lipinski definition) is 3. The number of carbonyl (C=O) groups is 1. The van der Waals surface area contributed by atoms with Crippen molar-refractivity contribution < 1.29 is 9.53 Å². The molecule has 4 nitrogen and oxygen atoms in total. The zero-order valence-corrected chi connectivity index (χ0v) is 17.1. The summed E-state index contributed by atoms with van der Waals surface area (Å²) in [5.74, 6) is -0.0822. The highest BCUT2D eigenvalue weighted by atomic mass is 16.5. The molecule has 150 valence electrons. The van der Waals surface area contributed by atoms with Crippen molar-refractivity contribution in [3.63, 3.8) is 0 Å². The van der Waals surface area contributed by atoms with Crippen molar-refractivity contribution in [3.05, 3.63) is 95.8 Å². The lowest BCUT2D eigenvalue weighted by molar-refractivity contribution is 0.0324. The minimum absolute atomic E-state index is 0.0783. The molecule has 3 rings (SSSR count). The topological polar surface area (TPSA) is 42.4 Å². The molecule has 1 aromatic heterocycles. The molecular weight excluding hydrogens is 360 g/mol. The van der Waals surface area contributed by atoms with Crippen LogP contribution in [-0.4, -0.2) is 17.9 Å². The Morgan fingerprint density at radius 3 is 2.62 bits per heavy atom. The summed E-state index contributed by atoms with van der Waals surface area (Å²) in [5.41, 5.74) is 3.66. The van der Waals surface area contributed by atoms with E-state index in [1.807, 2.05) is 30.3 Å². The van der Waals surface area contributed by atoms with E-state index in [2.05, 4.69) is 36.2 Å². The molecule has 1 heterocycles. The van der Waals surface area contributed by atoms with Crippen molar-refractivity contribution in [3.8, 4) is 0 Å². The molecule has 1 amide bonds. The van der Waals surface area contributed by atoms with Crippen molar-refractivity contribution in [2.45, 2.75) is 38.9 Å². The summed E-state index contributed by atoms with van der Waals surface area (Å²) in [6, 6.07) is 21.9. The maximum atomic E-state index is 12.7. The standard InChI is InChI=1S/C25H28N2O2/c1-3-4-15-24(21-11-6-5-7-12-21)29-19-20-10-8-14-23(17-20)27(2)25(28)22-13-9-16-26-18-22/h5-14,16-18,24H,3-4,15,19H2,1-2H3. The van der Waals surface area contributed by atoms with Gasteiger partial charge in [-0.2, -0.15) is 0 Å². The van der Waals surface area contributed by atoms with E-state index in [-0.39, 0.29) is 12.0 Å². The van der Waals surface area contributed by atoms with Crippen LogP contribution in [0.2, 0.25) is 0 Å². The SMILES string of the molecule is CCCCC(OCc1cccc(N(C)C(=O)c2cccnc2)c1)c1ccccc1. The van der Waals surface area contributed by atoms with Crippen LogP contribution in [0.15, 0.2) is 79.1 Å². The highest BCUT2D eigenvalue weighted by Gasteiger charge is 2.15. The Labute approximate surface area is 173 Å². The quantitative estimate of drug-likeness (QED) is 0.465. The van der Waals surface area contributed by atoms with E-state index in [1.54, 1.807) is 36.5 Å². The Hall–Kier alpha value is -2.98. The summed E-state index contributed by atoms with van der Waals surface area (Å²) in [5, 5.41) is 0. The third-order valence-corrected chi connectivity index (χ3v) is 4.95. The third kappa shape index (κ3) is 5.75. The van der Waals surface area contributed by atoms with E-state index >= 15 is 0 Å². The highest BCUT2D eigenvalue weighted by molar-refractivity contribution is 6.05. The summed E-state index contributed by atoms with van der Waals surface area (Å²) in [6.45, 7) is 2.70. The number of pyridine rings is 1. The van der Waals surface area contributed by atoms with Gasteiger partial charge in [0.25, 0.3) is 5.91 Å². The summed E-state index contributed by atoms with van der Waals surface area (Å²) >= 11 is 0. The summed E-state index contributed by atoms with van der Waals surface area (Å²) in [7, 11) is 1.78. The predicted molar refractivity (Wildman–Crippen MR) is 117 cm³/mol. The second kappa shape index (κ2) is 10.5. The van der Waals surface area contributed by atoms with Gasteiger partial charge < -0.3 is 9.64 Å². The van der Waals surface area contributed by atoms with Gasteiger partial charge in [-0.05, 0) is 41.8 Å². The van der Waals surface area contributed by atoms with Gasteiger partial charge in [-0.1, -0.05) is 62.2 Å². The van der Waals surface area contributed by atoms with E-state index in [9.17, 15) is 4.79 Å². The first-order valence-electron chi connectivity index (χ1n) is 10.1. The van der Waals surface area contributed by atoms with Crippen LogP contribution in [0.4, 0.5) is 5.69 Å². The molecule has 1 atom stereocenters. The zero-order chi connectivity index (χ0) is 20.5. The Kier molecular flexibility index (Phi) is 7.54. The van der Waals surface area contributed by atoms with Crippen LogP contribution < -0.4 is 4.90 Å². The lowest BCUT2D eigenvalue weighted by atomic mass is 10.0. The third-order valence-electron chi connectivity index (χ3n) is 4.95. The summed E-state index contributed by atoms with van der Waals surface area (Å²) < 4.78 is 6.28. The van der Waals surface area contributed by atoms with Crippen LogP contribution in [0.25, 0.3) is 0 Å². The lowest BCUT2D eigenvalue weighted by Gasteiger charge is -2.20. The molecule has 29 heavy (non-hydrogen) atoms. The molecule has 0 saturated carbocycles. The smallest absolute Gasteiger partial charge is 0.259 e. The number of nitrogens with zero attached hydrogens (tertiary/aromatic N) is 2. The van der Waals surface area contributed by atoms with Gasteiger partial charge in [0.05, 0.1) is 18.3 Å². The van der Waals surface area contributed by atoms with Gasteiger partial charge in [0.1, 0.15) is 0 Å². The number of aromatic nitrogens is 1. The first kappa shape index (κ1) is 20.7. The number of unbranched alkanes of at least 4 members (excludes halogenated alkanes) is 1. The number of ether oxygens (including phenoxy) is 1. The monoisotopic (exact) mass is 388 g/mol. The van der Waals surface area contributed by atoms with Gasteiger partial charge in [-0.3, -0.25) is 9.78 Å². The van der Waals surface area contributed by atoms with Gasteiger partial charge >= 0.3 is 0 Å². The van der Waals surface area contributed by atoms with Crippen molar-refractivity contribution in [1.82, 2.24) is 4.98 Å². The van der Waals surface area contributed by atoms with Gasteiger partial charge in [0, 0.05) is 25.1 Å². The highest BCUT2D eigenvalue weighted by Crippen LogP contribution is 2.26. The molecule has 0 aliphatic heterocycles. The molecule has 3 aromatic rings. The zero-order valence-electron chi connectivity index (χ0n) is 17.1. The Balaban J connectivity index is 1.69. The van der Waals surface area contributed by atoms with E-state index in [4.69, 9.17) is 4.74 Å². The number of benzene rings is 2. The van der Waals surface area contributed by atoms with Crippen LogP contribution in [0, 0.1) is 0 Å². The van der Waals surface area contributed by atoms with E-state index < -0.39 is 0 Å². The molecule has 0 aliphatic rings. The first-order valence-corrected chi connectivity index (χ1v) is 10.1. The first-order chi connectivity index (χ1) is 14.2. The molecule has 0 saturated heterocycles. The molecular formula is C25H28N2O2.